The number of ether oxygens (including phenoxy) is 2. The van der Waals surface area contributed by atoms with Gasteiger partial charge in [-0.3, -0.25) is 0 Å². The zero-order valence-electron chi connectivity index (χ0n) is 8.95. The summed E-state index contributed by atoms with van der Waals surface area (Å²) in [6.45, 7) is 0. The van der Waals surface area contributed by atoms with E-state index in [1.165, 1.54) is 0 Å². The zero-order valence-corrected chi connectivity index (χ0v) is 10.5. The number of halogens is 1. The van der Waals surface area contributed by atoms with Crippen LogP contribution in [0.4, 0.5) is 5.82 Å². The molecular formula is C11H11BrN2O2. The van der Waals surface area contributed by atoms with Gasteiger partial charge in [-0.1, -0.05) is 15.9 Å². The van der Waals surface area contributed by atoms with Crippen molar-refractivity contribution in [3.8, 4) is 11.5 Å². The van der Waals surface area contributed by atoms with Crippen LogP contribution in [0.5, 0.6) is 11.5 Å². The first-order valence-corrected chi connectivity index (χ1v) is 5.43. The number of hydrogen-bond donors (Lipinski definition) is 1. The smallest absolute Gasteiger partial charge is 0.172 e. The maximum Gasteiger partial charge on any atom is 0.172 e. The van der Waals surface area contributed by atoms with Crippen LogP contribution in [-0.2, 0) is 0 Å². The minimum Gasteiger partial charge on any atom is -0.493 e. The topological polar surface area (TPSA) is 57.4 Å². The highest BCUT2D eigenvalue weighted by molar-refractivity contribution is 9.10. The van der Waals surface area contributed by atoms with Crippen molar-refractivity contribution in [1.29, 1.82) is 0 Å². The molecule has 0 fully saturated rings. The van der Waals surface area contributed by atoms with Gasteiger partial charge in [-0.15, -0.1) is 0 Å². The molecule has 0 aliphatic rings. The Morgan fingerprint density at radius 1 is 1.31 bits per heavy atom. The van der Waals surface area contributed by atoms with Crippen molar-refractivity contribution in [3.63, 3.8) is 0 Å². The van der Waals surface area contributed by atoms with Gasteiger partial charge in [0.25, 0.3) is 0 Å². The Bertz CT molecular complexity index is 543. The lowest BCUT2D eigenvalue weighted by molar-refractivity contribution is 0.358. The minimum atomic E-state index is 0.425. The largest absolute Gasteiger partial charge is 0.493 e. The van der Waals surface area contributed by atoms with Crippen molar-refractivity contribution in [2.45, 2.75) is 0 Å². The molecule has 0 saturated carbocycles. The van der Waals surface area contributed by atoms with Crippen LogP contribution in [0, 0.1) is 0 Å². The molecule has 1 aromatic heterocycles. The summed E-state index contributed by atoms with van der Waals surface area (Å²) in [5, 5.41) is 1.71. The lowest BCUT2D eigenvalue weighted by Crippen LogP contribution is -1.97. The molecule has 0 radical (unpaired) electrons. The Morgan fingerprint density at radius 2 is 2.06 bits per heavy atom. The molecular weight excluding hydrogens is 272 g/mol. The molecule has 0 aliphatic carbocycles. The lowest BCUT2D eigenvalue weighted by Gasteiger charge is -2.13. The maximum absolute atomic E-state index is 5.86. The molecule has 4 nitrogen and oxygen atoms in total. The summed E-state index contributed by atoms with van der Waals surface area (Å²) in [6.07, 6.45) is 1.66. The van der Waals surface area contributed by atoms with E-state index in [4.69, 9.17) is 15.2 Å². The Labute approximate surface area is 101 Å². The molecule has 2 rings (SSSR count). The third kappa shape index (κ3) is 1.57. The fourth-order valence-electron chi connectivity index (χ4n) is 1.65. The summed E-state index contributed by atoms with van der Waals surface area (Å²) in [5.74, 6) is 1.65. The first-order chi connectivity index (χ1) is 7.69. The van der Waals surface area contributed by atoms with E-state index in [2.05, 4.69) is 20.9 Å². The van der Waals surface area contributed by atoms with E-state index >= 15 is 0 Å². The van der Waals surface area contributed by atoms with Crippen LogP contribution in [0.2, 0.25) is 0 Å². The van der Waals surface area contributed by atoms with Gasteiger partial charge in [0.05, 0.1) is 19.6 Å². The number of fused-ring (bicyclic) bond motifs is 1. The highest BCUT2D eigenvalue weighted by Crippen LogP contribution is 2.41. The van der Waals surface area contributed by atoms with Gasteiger partial charge in [0.2, 0.25) is 0 Å². The van der Waals surface area contributed by atoms with Crippen LogP contribution in [0.1, 0.15) is 0 Å². The molecule has 16 heavy (non-hydrogen) atoms. The van der Waals surface area contributed by atoms with Gasteiger partial charge in [0.1, 0.15) is 5.82 Å². The number of benzene rings is 1. The van der Waals surface area contributed by atoms with E-state index < -0.39 is 0 Å². The molecule has 2 aromatic rings. The van der Waals surface area contributed by atoms with Crippen LogP contribution in [-0.4, -0.2) is 19.2 Å². The first kappa shape index (κ1) is 11.0. The number of aromatic nitrogens is 1. The second-order valence-corrected chi connectivity index (χ2v) is 4.07. The number of hydrogen-bond acceptors (Lipinski definition) is 4. The van der Waals surface area contributed by atoms with Crippen LogP contribution < -0.4 is 15.2 Å². The molecule has 0 bridgehead atoms. The van der Waals surface area contributed by atoms with Crippen molar-refractivity contribution in [2.75, 3.05) is 20.0 Å². The van der Waals surface area contributed by atoms with Crippen molar-refractivity contribution in [2.24, 2.45) is 0 Å². The fraction of sp³-hybridized carbons (Fsp3) is 0.182. The number of anilines is 1. The standard InChI is InChI=1S/C11H11BrN2O2/c1-15-8-5-7(12)6-3-4-14-11(13)9(6)10(8)16-2/h3-5H,1-2H3,(H2,13,14). The van der Waals surface area contributed by atoms with Gasteiger partial charge in [-0.05, 0) is 12.1 Å². The van der Waals surface area contributed by atoms with Crippen LogP contribution in [0.3, 0.4) is 0 Å². The molecule has 0 aliphatic heterocycles. The highest BCUT2D eigenvalue weighted by Gasteiger charge is 2.14. The molecule has 84 valence electrons. The number of methoxy groups -OCH3 is 2. The summed E-state index contributed by atoms with van der Waals surface area (Å²) >= 11 is 3.47. The monoisotopic (exact) mass is 282 g/mol. The Balaban J connectivity index is 2.93. The van der Waals surface area contributed by atoms with Gasteiger partial charge in [0, 0.05) is 16.1 Å². The first-order valence-electron chi connectivity index (χ1n) is 4.63. The number of nitrogens with two attached hydrogens (primary N) is 1. The maximum atomic E-state index is 5.86. The Morgan fingerprint density at radius 3 is 2.69 bits per heavy atom. The van der Waals surface area contributed by atoms with Crippen molar-refractivity contribution < 1.29 is 9.47 Å². The fourth-order valence-corrected chi connectivity index (χ4v) is 2.19. The number of nitrogen functional groups attached to an aromatic ring is 1. The van der Waals surface area contributed by atoms with E-state index in [0.29, 0.717) is 17.3 Å². The molecule has 0 atom stereocenters. The van der Waals surface area contributed by atoms with E-state index in [1.54, 1.807) is 20.4 Å². The third-order valence-corrected chi connectivity index (χ3v) is 3.03. The van der Waals surface area contributed by atoms with Gasteiger partial charge in [-0.25, -0.2) is 4.98 Å². The molecule has 1 heterocycles. The predicted octanol–water partition coefficient (Wildman–Crippen LogP) is 2.60. The quantitative estimate of drug-likeness (QED) is 0.920. The Kier molecular flexibility index (Phi) is 2.87. The second-order valence-electron chi connectivity index (χ2n) is 3.21. The van der Waals surface area contributed by atoms with Crippen LogP contribution in [0.25, 0.3) is 10.8 Å². The van der Waals surface area contributed by atoms with Crippen LogP contribution in [0.15, 0.2) is 22.8 Å². The normalized spacial score (nSPS) is 10.4. The number of nitrogens with zero attached hydrogens (tertiary/aromatic N) is 1. The summed E-state index contributed by atoms with van der Waals surface area (Å²) in [7, 11) is 3.17. The van der Waals surface area contributed by atoms with Crippen molar-refractivity contribution in [3.05, 3.63) is 22.8 Å². The minimum absolute atomic E-state index is 0.425. The average Bonchev–Trinajstić information content (AvgIpc) is 2.29. The molecule has 0 saturated heterocycles. The van der Waals surface area contributed by atoms with Gasteiger partial charge in [-0.2, -0.15) is 0 Å². The summed E-state index contributed by atoms with van der Waals surface area (Å²) < 4.78 is 11.5. The second kappa shape index (κ2) is 4.17. The SMILES string of the molecule is COc1cc(Br)c2ccnc(N)c2c1OC. The van der Waals surface area contributed by atoms with Crippen molar-refractivity contribution in [1.82, 2.24) is 4.98 Å². The highest BCUT2D eigenvalue weighted by atomic mass is 79.9. The van der Waals surface area contributed by atoms with Crippen LogP contribution >= 0.6 is 15.9 Å². The molecule has 0 unspecified atom stereocenters. The predicted molar refractivity (Wildman–Crippen MR) is 67.0 cm³/mol. The van der Waals surface area contributed by atoms with Gasteiger partial charge >= 0.3 is 0 Å². The van der Waals surface area contributed by atoms with E-state index in [0.717, 1.165) is 15.2 Å². The third-order valence-electron chi connectivity index (χ3n) is 2.37. The average molecular weight is 283 g/mol. The lowest BCUT2D eigenvalue weighted by atomic mass is 10.1. The molecule has 0 spiro atoms. The van der Waals surface area contributed by atoms with Crippen molar-refractivity contribution >= 4 is 32.5 Å². The number of rotatable bonds is 2. The molecule has 1 aromatic carbocycles. The van der Waals surface area contributed by atoms with E-state index in [9.17, 15) is 0 Å². The molecule has 5 heteroatoms. The van der Waals surface area contributed by atoms with Gasteiger partial charge < -0.3 is 15.2 Å². The summed E-state index contributed by atoms with van der Waals surface area (Å²) in [4.78, 5) is 4.05. The van der Waals surface area contributed by atoms with E-state index in [1.807, 2.05) is 12.1 Å². The molecule has 0 amide bonds. The van der Waals surface area contributed by atoms with E-state index in [-0.39, 0.29) is 0 Å². The number of pyridine rings is 1. The summed E-state index contributed by atoms with van der Waals surface area (Å²) in [5.41, 5.74) is 5.86. The summed E-state index contributed by atoms with van der Waals surface area (Å²) in [6, 6.07) is 3.72. The molecule has 2 N–H and O–H groups in total. The van der Waals surface area contributed by atoms with Gasteiger partial charge in [0.15, 0.2) is 11.5 Å². The Hall–Kier alpha value is -1.49. The zero-order chi connectivity index (χ0) is 11.7.